The van der Waals surface area contributed by atoms with E-state index in [1.807, 2.05) is 26.2 Å². The standard InChI is InChI=1S/C14H15BrN2O3/c1-9-5-11(15)6-12(14(18)19)13(9)20-4-3-10-7-16-17(2)8-10/h5-8H,3-4H2,1-2H3,(H,18,19). The topological polar surface area (TPSA) is 64.3 Å². The summed E-state index contributed by atoms with van der Waals surface area (Å²) in [6.45, 7) is 2.24. The molecular weight excluding hydrogens is 324 g/mol. The lowest BCUT2D eigenvalue weighted by Crippen LogP contribution is -2.08. The molecule has 0 aliphatic carbocycles. The normalized spacial score (nSPS) is 10.6. The summed E-state index contributed by atoms with van der Waals surface area (Å²) in [7, 11) is 1.85. The summed E-state index contributed by atoms with van der Waals surface area (Å²) >= 11 is 3.29. The molecule has 2 aromatic rings. The van der Waals surface area contributed by atoms with Crippen molar-refractivity contribution in [2.45, 2.75) is 13.3 Å². The fraction of sp³-hybridized carbons (Fsp3) is 0.286. The highest BCUT2D eigenvalue weighted by Crippen LogP contribution is 2.28. The Hall–Kier alpha value is -1.82. The maximum Gasteiger partial charge on any atom is 0.339 e. The Morgan fingerprint density at radius 1 is 1.50 bits per heavy atom. The molecule has 0 fully saturated rings. The van der Waals surface area contributed by atoms with Crippen LogP contribution < -0.4 is 4.74 Å². The van der Waals surface area contributed by atoms with E-state index in [0.717, 1.165) is 15.6 Å². The van der Waals surface area contributed by atoms with Crippen molar-refractivity contribution in [3.8, 4) is 5.75 Å². The molecule has 6 heteroatoms. The molecule has 0 unspecified atom stereocenters. The summed E-state index contributed by atoms with van der Waals surface area (Å²) < 4.78 is 8.11. The first kappa shape index (κ1) is 14.6. The quantitative estimate of drug-likeness (QED) is 0.910. The number of aromatic carboxylic acids is 1. The van der Waals surface area contributed by atoms with Crippen molar-refractivity contribution in [3.05, 3.63) is 45.7 Å². The molecule has 0 bridgehead atoms. The van der Waals surface area contributed by atoms with Crippen molar-refractivity contribution < 1.29 is 14.6 Å². The number of carbonyl (C=O) groups is 1. The molecule has 0 aliphatic rings. The number of carboxylic acid groups (broad SMARTS) is 1. The van der Waals surface area contributed by atoms with Crippen molar-refractivity contribution in [2.75, 3.05) is 6.61 Å². The van der Waals surface area contributed by atoms with Crippen LogP contribution in [0.3, 0.4) is 0 Å². The van der Waals surface area contributed by atoms with E-state index in [0.29, 0.717) is 18.8 Å². The Bertz CT molecular complexity index is 637. The predicted molar refractivity (Wildman–Crippen MR) is 78.2 cm³/mol. The van der Waals surface area contributed by atoms with Gasteiger partial charge in [-0.15, -0.1) is 0 Å². The molecular formula is C14H15BrN2O3. The Balaban J connectivity index is 2.10. The van der Waals surface area contributed by atoms with E-state index in [2.05, 4.69) is 21.0 Å². The summed E-state index contributed by atoms with van der Waals surface area (Å²) in [5, 5.41) is 13.3. The predicted octanol–water partition coefficient (Wildman–Crippen LogP) is 2.81. The highest BCUT2D eigenvalue weighted by atomic mass is 79.9. The Morgan fingerprint density at radius 2 is 2.25 bits per heavy atom. The van der Waals surface area contributed by atoms with Gasteiger partial charge in [0.15, 0.2) is 0 Å². The van der Waals surface area contributed by atoms with Crippen molar-refractivity contribution in [1.82, 2.24) is 9.78 Å². The van der Waals surface area contributed by atoms with Crippen molar-refractivity contribution in [2.24, 2.45) is 7.05 Å². The molecule has 0 spiro atoms. The van der Waals surface area contributed by atoms with Crippen LogP contribution in [0.1, 0.15) is 21.5 Å². The highest BCUT2D eigenvalue weighted by Gasteiger charge is 2.15. The van der Waals surface area contributed by atoms with Gasteiger partial charge in [-0.05, 0) is 30.2 Å². The molecule has 1 aromatic carbocycles. The third kappa shape index (κ3) is 3.39. The van der Waals surface area contributed by atoms with Gasteiger partial charge in [0.05, 0.1) is 12.8 Å². The molecule has 2 rings (SSSR count). The lowest BCUT2D eigenvalue weighted by molar-refractivity contribution is 0.0692. The molecule has 106 valence electrons. The van der Waals surface area contributed by atoms with Gasteiger partial charge in [0.1, 0.15) is 11.3 Å². The van der Waals surface area contributed by atoms with Crippen molar-refractivity contribution in [3.63, 3.8) is 0 Å². The molecule has 0 saturated carbocycles. The first-order valence-corrected chi connectivity index (χ1v) is 6.90. The van der Waals surface area contributed by atoms with Crippen LogP contribution in [0.25, 0.3) is 0 Å². The van der Waals surface area contributed by atoms with Gasteiger partial charge in [-0.1, -0.05) is 15.9 Å². The van der Waals surface area contributed by atoms with Crippen LogP contribution in [0, 0.1) is 6.92 Å². The van der Waals surface area contributed by atoms with E-state index in [1.54, 1.807) is 16.9 Å². The van der Waals surface area contributed by atoms with Crippen LogP contribution in [-0.4, -0.2) is 27.5 Å². The first-order valence-electron chi connectivity index (χ1n) is 6.11. The number of ether oxygens (including phenoxy) is 1. The van der Waals surface area contributed by atoms with E-state index in [4.69, 9.17) is 4.74 Å². The van der Waals surface area contributed by atoms with E-state index < -0.39 is 5.97 Å². The maximum atomic E-state index is 11.2. The Labute approximate surface area is 125 Å². The van der Waals surface area contributed by atoms with Gasteiger partial charge >= 0.3 is 5.97 Å². The zero-order valence-corrected chi connectivity index (χ0v) is 12.8. The fourth-order valence-electron chi connectivity index (χ4n) is 1.95. The lowest BCUT2D eigenvalue weighted by atomic mass is 10.1. The Morgan fingerprint density at radius 3 is 2.85 bits per heavy atom. The molecule has 1 aromatic heterocycles. The van der Waals surface area contributed by atoms with Crippen molar-refractivity contribution in [1.29, 1.82) is 0 Å². The molecule has 0 atom stereocenters. The van der Waals surface area contributed by atoms with E-state index in [-0.39, 0.29) is 5.56 Å². The molecule has 20 heavy (non-hydrogen) atoms. The number of halogens is 1. The number of hydrogen-bond donors (Lipinski definition) is 1. The number of benzene rings is 1. The SMILES string of the molecule is Cc1cc(Br)cc(C(=O)O)c1OCCc1cnn(C)c1. The van der Waals surface area contributed by atoms with Gasteiger partial charge in [0.25, 0.3) is 0 Å². The van der Waals surface area contributed by atoms with Gasteiger partial charge in [-0.25, -0.2) is 4.79 Å². The van der Waals surface area contributed by atoms with Crippen LogP contribution in [0.2, 0.25) is 0 Å². The number of nitrogens with zero attached hydrogens (tertiary/aromatic N) is 2. The minimum absolute atomic E-state index is 0.170. The van der Waals surface area contributed by atoms with Gasteiger partial charge in [0.2, 0.25) is 0 Å². The van der Waals surface area contributed by atoms with Gasteiger partial charge < -0.3 is 9.84 Å². The second kappa shape index (κ2) is 6.09. The maximum absolute atomic E-state index is 11.2. The monoisotopic (exact) mass is 338 g/mol. The zero-order valence-electron chi connectivity index (χ0n) is 11.3. The molecule has 1 N–H and O–H groups in total. The molecule has 0 radical (unpaired) electrons. The largest absolute Gasteiger partial charge is 0.492 e. The third-order valence-electron chi connectivity index (χ3n) is 2.87. The number of rotatable bonds is 5. The molecule has 1 heterocycles. The summed E-state index contributed by atoms with van der Waals surface area (Å²) in [4.78, 5) is 11.2. The van der Waals surface area contributed by atoms with E-state index in [9.17, 15) is 9.90 Å². The average molecular weight is 339 g/mol. The van der Waals surface area contributed by atoms with Gasteiger partial charge in [-0.3, -0.25) is 4.68 Å². The van der Waals surface area contributed by atoms with Crippen LogP contribution in [0.5, 0.6) is 5.75 Å². The molecule has 0 amide bonds. The average Bonchev–Trinajstić information content (AvgIpc) is 2.77. The van der Waals surface area contributed by atoms with E-state index >= 15 is 0 Å². The van der Waals surface area contributed by atoms with Crippen LogP contribution >= 0.6 is 15.9 Å². The summed E-state index contributed by atoms with van der Waals surface area (Å²) in [6, 6.07) is 3.39. The summed E-state index contributed by atoms with van der Waals surface area (Å²) in [6.07, 6.45) is 4.37. The fourth-order valence-corrected chi connectivity index (χ4v) is 2.52. The minimum Gasteiger partial charge on any atom is -0.492 e. The highest BCUT2D eigenvalue weighted by molar-refractivity contribution is 9.10. The second-order valence-electron chi connectivity index (χ2n) is 4.53. The number of hydrogen-bond acceptors (Lipinski definition) is 3. The third-order valence-corrected chi connectivity index (χ3v) is 3.32. The Kier molecular flexibility index (Phi) is 4.44. The zero-order chi connectivity index (χ0) is 14.7. The smallest absolute Gasteiger partial charge is 0.339 e. The summed E-state index contributed by atoms with van der Waals surface area (Å²) in [5.74, 6) is -0.574. The van der Waals surface area contributed by atoms with Crippen molar-refractivity contribution >= 4 is 21.9 Å². The minimum atomic E-state index is -0.995. The first-order chi connectivity index (χ1) is 9.47. The van der Waals surface area contributed by atoms with Crippen LogP contribution in [-0.2, 0) is 13.5 Å². The molecule has 0 aliphatic heterocycles. The molecule has 0 saturated heterocycles. The number of aromatic nitrogens is 2. The second-order valence-corrected chi connectivity index (χ2v) is 5.44. The van der Waals surface area contributed by atoms with E-state index in [1.165, 1.54) is 0 Å². The lowest BCUT2D eigenvalue weighted by Gasteiger charge is -2.12. The summed E-state index contributed by atoms with van der Waals surface area (Å²) in [5.41, 5.74) is 2.02. The van der Waals surface area contributed by atoms with Crippen LogP contribution in [0.15, 0.2) is 29.0 Å². The van der Waals surface area contributed by atoms with Gasteiger partial charge in [-0.2, -0.15) is 5.10 Å². The molecule has 5 nitrogen and oxygen atoms in total. The van der Waals surface area contributed by atoms with Gasteiger partial charge in [0, 0.05) is 24.1 Å². The number of carboxylic acids is 1. The van der Waals surface area contributed by atoms with Crippen LogP contribution in [0.4, 0.5) is 0 Å². The number of aryl methyl sites for hydroxylation is 2.